The largest absolute Gasteiger partial charge is 0.497 e. The van der Waals surface area contributed by atoms with Crippen molar-refractivity contribution in [2.45, 2.75) is 19.4 Å². The third-order valence-electron chi connectivity index (χ3n) is 4.79. The van der Waals surface area contributed by atoms with Crippen LogP contribution in [-0.4, -0.2) is 25.3 Å². The fraction of sp³-hybridized carbons (Fsp3) is 0.238. The van der Waals surface area contributed by atoms with E-state index < -0.39 is 11.7 Å². The molecule has 0 unspecified atom stereocenters. The molecule has 0 bridgehead atoms. The smallest absolute Gasteiger partial charge is 0.413 e. The highest BCUT2D eigenvalue weighted by Gasteiger charge is 2.35. The second kappa shape index (κ2) is 6.16. The highest BCUT2D eigenvalue weighted by molar-refractivity contribution is 6.01. The first-order chi connectivity index (χ1) is 12.9. The SMILES string of the molecule is COc1ccc(-c2ccc(OC)c3nc4c(cc23)C(C)(C)OC(=O)N4)cc1. The maximum Gasteiger partial charge on any atom is 0.413 e. The number of cyclic esters (lactones) is 1. The molecule has 2 aromatic carbocycles. The molecular formula is C21H20N2O4. The van der Waals surface area contributed by atoms with Crippen LogP contribution in [-0.2, 0) is 10.3 Å². The number of nitrogens with zero attached hydrogens (tertiary/aromatic N) is 1. The molecule has 6 heteroatoms. The number of nitrogens with one attached hydrogen (secondary N) is 1. The molecule has 0 saturated heterocycles. The van der Waals surface area contributed by atoms with Gasteiger partial charge in [0.2, 0.25) is 0 Å². The lowest BCUT2D eigenvalue weighted by molar-refractivity contribution is 0.0417. The molecule has 0 saturated carbocycles. The number of carbonyl (C=O) groups is 1. The van der Waals surface area contributed by atoms with Gasteiger partial charge in [-0.25, -0.2) is 9.78 Å². The molecule has 0 radical (unpaired) electrons. The Morgan fingerprint density at radius 3 is 2.44 bits per heavy atom. The van der Waals surface area contributed by atoms with E-state index in [1.165, 1.54) is 0 Å². The van der Waals surface area contributed by atoms with Crippen molar-refractivity contribution >= 4 is 22.8 Å². The molecule has 0 fully saturated rings. The van der Waals surface area contributed by atoms with E-state index in [-0.39, 0.29) is 0 Å². The van der Waals surface area contributed by atoms with Crippen LogP contribution in [0.2, 0.25) is 0 Å². The average Bonchev–Trinajstić information content (AvgIpc) is 2.65. The van der Waals surface area contributed by atoms with Gasteiger partial charge in [0, 0.05) is 10.9 Å². The summed E-state index contributed by atoms with van der Waals surface area (Å²) in [6, 6.07) is 13.8. The van der Waals surface area contributed by atoms with Gasteiger partial charge in [-0.3, -0.25) is 5.32 Å². The summed E-state index contributed by atoms with van der Waals surface area (Å²) in [5, 5.41) is 3.61. The van der Waals surface area contributed by atoms with Gasteiger partial charge in [0.05, 0.1) is 14.2 Å². The summed E-state index contributed by atoms with van der Waals surface area (Å²) >= 11 is 0. The lowest BCUT2D eigenvalue weighted by atomic mass is 9.92. The quantitative estimate of drug-likeness (QED) is 0.728. The number of fused-ring (bicyclic) bond motifs is 2. The minimum Gasteiger partial charge on any atom is -0.497 e. The van der Waals surface area contributed by atoms with Crippen molar-refractivity contribution < 1.29 is 19.0 Å². The van der Waals surface area contributed by atoms with E-state index >= 15 is 0 Å². The molecule has 6 nitrogen and oxygen atoms in total. The molecule has 1 amide bonds. The van der Waals surface area contributed by atoms with Crippen molar-refractivity contribution in [2.24, 2.45) is 0 Å². The number of hydrogen-bond donors (Lipinski definition) is 1. The normalized spacial score (nSPS) is 14.9. The van der Waals surface area contributed by atoms with E-state index in [1.54, 1.807) is 14.2 Å². The van der Waals surface area contributed by atoms with Gasteiger partial charge < -0.3 is 14.2 Å². The first-order valence-corrected chi connectivity index (χ1v) is 8.59. The average molecular weight is 364 g/mol. The minimum atomic E-state index is -0.779. The van der Waals surface area contributed by atoms with Gasteiger partial charge in [0.15, 0.2) is 0 Å². The molecule has 4 rings (SSSR count). The van der Waals surface area contributed by atoms with Crippen LogP contribution < -0.4 is 14.8 Å². The highest BCUT2D eigenvalue weighted by atomic mass is 16.6. The number of amides is 1. The first kappa shape index (κ1) is 17.1. The fourth-order valence-electron chi connectivity index (χ4n) is 3.38. The van der Waals surface area contributed by atoms with Gasteiger partial charge in [-0.2, -0.15) is 0 Å². The molecule has 2 heterocycles. The summed E-state index contributed by atoms with van der Waals surface area (Å²) in [6.45, 7) is 3.70. The second-order valence-corrected chi connectivity index (χ2v) is 6.85. The maximum absolute atomic E-state index is 11.9. The Hall–Kier alpha value is -3.28. The summed E-state index contributed by atoms with van der Waals surface area (Å²) in [4.78, 5) is 16.6. The Labute approximate surface area is 157 Å². The van der Waals surface area contributed by atoms with Gasteiger partial charge in [-0.05, 0) is 55.3 Å². The Bertz CT molecular complexity index is 1040. The third kappa shape index (κ3) is 2.83. The predicted octanol–water partition coefficient (Wildman–Crippen LogP) is 4.72. The number of rotatable bonds is 3. The zero-order valence-electron chi connectivity index (χ0n) is 15.6. The van der Waals surface area contributed by atoms with Crippen LogP contribution in [0.15, 0.2) is 42.5 Å². The summed E-state index contributed by atoms with van der Waals surface area (Å²) in [5.74, 6) is 1.93. The Kier molecular flexibility index (Phi) is 3.91. The van der Waals surface area contributed by atoms with Crippen LogP contribution in [0.1, 0.15) is 19.4 Å². The summed E-state index contributed by atoms with van der Waals surface area (Å²) in [6.07, 6.45) is -0.510. The van der Waals surface area contributed by atoms with Gasteiger partial charge in [0.25, 0.3) is 0 Å². The molecular weight excluding hydrogens is 344 g/mol. The van der Waals surface area contributed by atoms with Crippen LogP contribution in [0, 0.1) is 0 Å². The Morgan fingerprint density at radius 2 is 1.78 bits per heavy atom. The van der Waals surface area contributed by atoms with Crippen molar-refractivity contribution in [3.63, 3.8) is 0 Å². The van der Waals surface area contributed by atoms with E-state index in [1.807, 2.05) is 56.3 Å². The summed E-state index contributed by atoms with van der Waals surface area (Å²) in [7, 11) is 3.25. The number of pyridine rings is 1. The molecule has 138 valence electrons. The second-order valence-electron chi connectivity index (χ2n) is 6.85. The van der Waals surface area contributed by atoms with E-state index in [0.717, 1.165) is 27.8 Å². The number of carbonyl (C=O) groups excluding carboxylic acids is 1. The summed E-state index contributed by atoms with van der Waals surface area (Å²) in [5.41, 5.74) is 2.76. The van der Waals surface area contributed by atoms with E-state index in [2.05, 4.69) is 5.32 Å². The summed E-state index contributed by atoms with van der Waals surface area (Å²) < 4.78 is 16.2. The minimum absolute atomic E-state index is 0.494. The zero-order valence-corrected chi connectivity index (χ0v) is 15.6. The monoisotopic (exact) mass is 364 g/mol. The molecule has 0 aliphatic carbocycles. The predicted molar refractivity (Wildman–Crippen MR) is 103 cm³/mol. The molecule has 1 aromatic heterocycles. The van der Waals surface area contributed by atoms with Crippen LogP contribution >= 0.6 is 0 Å². The number of ether oxygens (including phenoxy) is 3. The zero-order chi connectivity index (χ0) is 19.2. The number of aromatic nitrogens is 1. The molecule has 1 N–H and O–H groups in total. The topological polar surface area (TPSA) is 69.7 Å². The van der Waals surface area contributed by atoms with Crippen molar-refractivity contribution in [3.8, 4) is 22.6 Å². The third-order valence-corrected chi connectivity index (χ3v) is 4.79. The van der Waals surface area contributed by atoms with Crippen molar-refractivity contribution in [1.29, 1.82) is 0 Å². The van der Waals surface area contributed by atoms with E-state index in [0.29, 0.717) is 17.1 Å². The fourth-order valence-corrected chi connectivity index (χ4v) is 3.38. The molecule has 0 atom stereocenters. The molecule has 1 aliphatic heterocycles. The van der Waals surface area contributed by atoms with Crippen molar-refractivity contribution in [1.82, 2.24) is 4.98 Å². The van der Waals surface area contributed by atoms with E-state index in [9.17, 15) is 4.79 Å². The van der Waals surface area contributed by atoms with Gasteiger partial charge in [0.1, 0.15) is 28.4 Å². The Morgan fingerprint density at radius 1 is 1.04 bits per heavy atom. The van der Waals surface area contributed by atoms with Gasteiger partial charge >= 0.3 is 6.09 Å². The molecule has 0 spiro atoms. The van der Waals surface area contributed by atoms with Crippen molar-refractivity contribution in [3.05, 3.63) is 48.0 Å². The molecule has 1 aliphatic rings. The standard InChI is InChI=1S/C21H20N2O4/c1-21(2)16-11-15-14(12-5-7-13(25-3)8-6-12)9-10-17(26-4)18(15)22-19(16)23-20(24)27-21/h5-11H,1-4H3,(H,22,23,24). The van der Waals surface area contributed by atoms with Crippen LogP contribution in [0.4, 0.5) is 10.6 Å². The number of hydrogen-bond acceptors (Lipinski definition) is 5. The van der Waals surface area contributed by atoms with Gasteiger partial charge in [-0.15, -0.1) is 0 Å². The van der Waals surface area contributed by atoms with Gasteiger partial charge in [-0.1, -0.05) is 12.1 Å². The first-order valence-electron chi connectivity index (χ1n) is 8.59. The molecule has 27 heavy (non-hydrogen) atoms. The van der Waals surface area contributed by atoms with Crippen LogP contribution in [0.3, 0.4) is 0 Å². The number of benzene rings is 2. The molecule has 3 aromatic rings. The van der Waals surface area contributed by atoms with Crippen LogP contribution in [0.25, 0.3) is 22.0 Å². The number of methoxy groups -OCH3 is 2. The highest BCUT2D eigenvalue weighted by Crippen LogP contribution is 2.41. The van der Waals surface area contributed by atoms with Crippen molar-refractivity contribution in [2.75, 3.05) is 19.5 Å². The van der Waals surface area contributed by atoms with Crippen LogP contribution in [0.5, 0.6) is 11.5 Å². The van der Waals surface area contributed by atoms with E-state index in [4.69, 9.17) is 19.2 Å². The number of anilines is 1. The maximum atomic E-state index is 11.9. The lowest BCUT2D eigenvalue weighted by Crippen LogP contribution is -2.35. The Balaban J connectivity index is 1.99. The lowest BCUT2D eigenvalue weighted by Gasteiger charge is -2.32.